The molecule has 88 valence electrons. The molecule has 1 heterocycles. The lowest BCUT2D eigenvalue weighted by atomic mass is 9.92. The Hall–Kier alpha value is -1.61. The Kier molecular flexibility index (Phi) is 2.48. The molecule has 3 rings (SSSR count). The Morgan fingerprint density at radius 3 is 2.53 bits per heavy atom. The summed E-state index contributed by atoms with van der Waals surface area (Å²) in [7, 11) is 0. The molecule has 0 saturated heterocycles. The smallest absolute Gasteiger partial charge is 0.0645 e. The van der Waals surface area contributed by atoms with Gasteiger partial charge in [0.15, 0.2) is 0 Å². The Morgan fingerprint density at radius 2 is 2.00 bits per heavy atom. The molecular weight excluding hydrogens is 210 g/mol. The van der Waals surface area contributed by atoms with Gasteiger partial charge >= 0.3 is 0 Å². The van der Waals surface area contributed by atoms with Crippen LogP contribution in [0, 0.1) is 0 Å². The van der Waals surface area contributed by atoms with E-state index < -0.39 is 0 Å². The van der Waals surface area contributed by atoms with Gasteiger partial charge in [0.1, 0.15) is 0 Å². The second-order valence-electron chi connectivity index (χ2n) is 4.82. The average Bonchev–Trinajstić information content (AvgIpc) is 2.94. The first-order valence-corrected chi connectivity index (χ1v) is 6.15. The molecule has 0 atom stereocenters. The molecule has 1 aliphatic carbocycles. The predicted molar refractivity (Wildman–Crippen MR) is 68.1 cm³/mol. The fraction of sp³-hybridized carbons (Fsp3) is 0.357. The maximum atomic E-state index is 5.68. The van der Waals surface area contributed by atoms with Gasteiger partial charge in [0, 0.05) is 12.4 Å². The van der Waals surface area contributed by atoms with E-state index in [0.29, 0.717) is 5.41 Å². The summed E-state index contributed by atoms with van der Waals surface area (Å²) >= 11 is 0. The summed E-state index contributed by atoms with van der Waals surface area (Å²) in [6.45, 7) is 0.779. The van der Waals surface area contributed by atoms with E-state index in [1.807, 2.05) is 16.9 Å². The van der Waals surface area contributed by atoms with Crippen LogP contribution in [0.25, 0.3) is 5.69 Å². The standard InChI is InChI=1S/C14H17N3/c15-9-8-14(6-7-14)12-2-4-13(5-3-12)17-11-1-10-16-17/h1-5,10-11H,6-9,15H2. The number of hydrogen-bond acceptors (Lipinski definition) is 2. The Morgan fingerprint density at radius 1 is 1.24 bits per heavy atom. The summed E-state index contributed by atoms with van der Waals surface area (Å²) in [6.07, 6.45) is 7.43. The van der Waals surface area contributed by atoms with Gasteiger partial charge in [-0.25, -0.2) is 4.68 Å². The van der Waals surface area contributed by atoms with Crippen LogP contribution >= 0.6 is 0 Å². The average molecular weight is 227 g/mol. The van der Waals surface area contributed by atoms with Crippen molar-refractivity contribution >= 4 is 0 Å². The zero-order chi connectivity index (χ0) is 11.7. The van der Waals surface area contributed by atoms with E-state index in [4.69, 9.17) is 5.73 Å². The highest BCUT2D eigenvalue weighted by Crippen LogP contribution is 2.50. The zero-order valence-corrected chi connectivity index (χ0v) is 9.84. The molecule has 3 heteroatoms. The molecule has 0 radical (unpaired) electrons. The summed E-state index contributed by atoms with van der Waals surface area (Å²) < 4.78 is 1.88. The summed E-state index contributed by atoms with van der Waals surface area (Å²) in [5, 5.41) is 4.23. The Labute approximate surface area is 101 Å². The highest BCUT2D eigenvalue weighted by molar-refractivity contribution is 5.39. The maximum absolute atomic E-state index is 5.68. The molecule has 1 aliphatic rings. The lowest BCUT2D eigenvalue weighted by Crippen LogP contribution is -2.13. The number of rotatable bonds is 4. The van der Waals surface area contributed by atoms with Gasteiger partial charge < -0.3 is 5.73 Å². The van der Waals surface area contributed by atoms with E-state index in [1.54, 1.807) is 6.20 Å². The van der Waals surface area contributed by atoms with Gasteiger partial charge in [0.25, 0.3) is 0 Å². The van der Waals surface area contributed by atoms with Crippen molar-refractivity contribution in [2.24, 2.45) is 5.73 Å². The van der Waals surface area contributed by atoms with Crippen LogP contribution < -0.4 is 5.73 Å². The molecule has 2 N–H and O–H groups in total. The quantitative estimate of drug-likeness (QED) is 0.870. The van der Waals surface area contributed by atoms with E-state index >= 15 is 0 Å². The van der Waals surface area contributed by atoms with Gasteiger partial charge in [-0.1, -0.05) is 12.1 Å². The van der Waals surface area contributed by atoms with Crippen molar-refractivity contribution in [3.8, 4) is 5.69 Å². The zero-order valence-electron chi connectivity index (χ0n) is 9.84. The molecule has 1 fully saturated rings. The SMILES string of the molecule is NCCC1(c2ccc(-n3cccn3)cc2)CC1. The number of nitrogens with zero attached hydrogens (tertiary/aromatic N) is 2. The number of nitrogens with two attached hydrogens (primary N) is 1. The third-order valence-electron chi connectivity index (χ3n) is 3.73. The lowest BCUT2D eigenvalue weighted by Gasteiger charge is -2.14. The molecular formula is C14H17N3. The first kappa shape index (κ1) is 10.5. The second-order valence-corrected chi connectivity index (χ2v) is 4.82. The predicted octanol–water partition coefficient (Wildman–Crippen LogP) is 2.25. The largest absolute Gasteiger partial charge is 0.330 e. The fourth-order valence-electron chi connectivity index (χ4n) is 2.50. The van der Waals surface area contributed by atoms with Gasteiger partial charge in [-0.05, 0) is 55.0 Å². The van der Waals surface area contributed by atoms with Gasteiger partial charge in [-0.15, -0.1) is 0 Å². The molecule has 1 saturated carbocycles. The van der Waals surface area contributed by atoms with Gasteiger partial charge in [-0.3, -0.25) is 0 Å². The molecule has 0 aliphatic heterocycles. The Bertz CT molecular complexity index is 481. The first-order valence-electron chi connectivity index (χ1n) is 6.15. The van der Waals surface area contributed by atoms with Crippen LogP contribution in [0.1, 0.15) is 24.8 Å². The van der Waals surface area contributed by atoms with Crippen LogP contribution in [0.4, 0.5) is 0 Å². The monoisotopic (exact) mass is 227 g/mol. The minimum atomic E-state index is 0.386. The van der Waals surface area contributed by atoms with Crippen molar-refractivity contribution in [3.05, 3.63) is 48.3 Å². The van der Waals surface area contributed by atoms with E-state index in [9.17, 15) is 0 Å². The minimum Gasteiger partial charge on any atom is -0.330 e. The highest BCUT2D eigenvalue weighted by Gasteiger charge is 2.42. The van der Waals surface area contributed by atoms with Crippen LogP contribution in [0.3, 0.4) is 0 Å². The molecule has 3 nitrogen and oxygen atoms in total. The maximum Gasteiger partial charge on any atom is 0.0645 e. The third kappa shape index (κ3) is 1.87. The van der Waals surface area contributed by atoms with Crippen LogP contribution in [-0.2, 0) is 5.41 Å². The normalized spacial score (nSPS) is 17.0. The van der Waals surface area contributed by atoms with E-state index in [1.165, 1.54) is 18.4 Å². The molecule has 1 aromatic carbocycles. The van der Waals surface area contributed by atoms with Crippen LogP contribution in [-0.4, -0.2) is 16.3 Å². The molecule has 17 heavy (non-hydrogen) atoms. The van der Waals surface area contributed by atoms with Crippen molar-refractivity contribution in [2.45, 2.75) is 24.7 Å². The van der Waals surface area contributed by atoms with E-state index in [0.717, 1.165) is 18.7 Å². The molecule has 0 bridgehead atoms. The second kappa shape index (κ2) is 4.00. The lowest BCUT2D eigenvalue weighted by molar-refractivity contribution is 0.629. The molecule has 0 amide bonds. The van der Waals surface area contributed by atoms with Crippen LogP contribution in [0.5, 0.6) is 0 Å². The minimum absolute atomic E-state index is 0.386. The van der Waals surface area contributed by atoms with Crippen molar-refractivity contribution in [2.75, 3.05) is 6.54 Å². The summed E-state index contributed by atoms with van der Waals surface area (Å²) in [5.74, 6) is 0. The Balaban J connectivity index is 1.86. The van der Waals surface area contributed by atoms with Crippen LogP contribution in [0.15, 0.2) is 42.7 Å². The number of hydrogen-bond donors (Lipinski definition) is 1. The molecule has 2 aromatic rings. The van der Waals surface area contributed by atoms with Gasteiger partial charge in [-0.2, -0.15) is 5.10 Å². The fourth-order valence-corrected chi connectivity index (χ4v) is 2.50. The molecule has 0 spiro atoms. The summed E-state index contributed by atoms with van der Waals surface area (Å²) in [6, 6.07) is 10.7. The van der Waals surface area contributed by atoms with Crippen molar-refractivity contribution in [3.63, 3.8) is 0 Å². The van der Waals surface area contributed by atoms with E-state index in [2.05, 4.69) is 29.4 Å². The van der Waals surface area contributed by atoms with Crippen LogP contribution in [0.2, 0.25) is 0 Å². The van der Waals surface area contributed by atoms with Crippen molar-refractivity contribution in [1.29, 1.82) is 0 Å². The van der Waals surface area contributed by atoms with Gasteiger partial charge in [0.05, 0.1) is 5.69 Å². The molecule has 1 aromatic heterocycles. The highest BCUT2D eigenvalue weighted by atomic mass is 15.3. The molecule has 0 unspecified atom stereocenters. The number of benzene rings is 1. The third-order valence-corrected chi connectivity index (χ3v) is 3.73. The van der Waals surface area contributed by atoms with Gasteiger partial charge in [0.2, 0.25) is 0 Å². The summed E-state index contributed by atoms with van der Waals surface area (Å²) in [5.41, 5.74) is 8.61. The van der Waals surface area contributed by atoms with E-state index in [-0.39, 0.29) is 0 Å². The topological polar surface area (TPSA) is 43.8 Å². The van der Waals surface area contributed by atoms with Crippen molar-refractivity contribution in [1.82, 2.24) is 9.78 Å². The number of aromatic nitrogens is 2. The van der Waals surface area contributed by atoms with Crippen molar-refractivity contribution < 1.29 is 0 Å². The first-order chi connectivity index (χ1) is 8.34. The summed E-state index contributed by atoms with van der Waals surface area (Å²) in [4.78, 5) is 0.